The summed E-state index contributed by atoms with van der Waals surface area (Å²) in [5.41, 5.74) is 0. The van der Waals surface area contributed by atoms with Crippen LogP contribution in [0.25, 0.3) is 0 Å². The highest BCUT2D eigenvalue weighted by Crippen LogP contribution is 1.83. The van der Waals surface area contributed by atoms with Crippen LogP contribution in [-0.4, -0.2) is 37.5 Å². The third-order valence-corrected chi connectivity index (χ3v) is 1.70. The van der Waals surface area contributed by atoms with Crippen molar-refractivity contribution >= 4 is 17.8 Å². The molecular weight excluding hydrogens is 236 g/mol. The van der Waals surface area contributed by atoms with Crippen molar-refractivity contribution in [2.75, 3.05) is 19.7 Å². The molecule has 0 saturated carbocycles. The molecule has 0 aromatic carbocycles. The molecule has 0 saturated heterocycles. The molecule has 0 aliphatic carbocycles. The lowest BCUT2D eigenvalue weighted by Gasteiger charge is -2.05. The van der Waals surface area contributed by atoms with Crippen molar-refractivity contribution in [1.82, 2.24) is 10.6 Å². The number of hydrogen-bond acceptors (Lipinski definition) is 4. The number of amides is 2. The number of carbonyl (C=O) groups excluding carboxylic acids is 3. The maximum absolute atomic E-state index is 11.2. The molecule has 0 heterocycles. The summed E-state index contributed by atoms with van der Waals surface area (Å²) >= 11 is 0. The zero-order valence-corrected chi connectivity index (χ0v) is 10.6. The number of rotatable bonds is 7. The molecule has 18 heavy (non-hydrogen) atoms. The van der Waals surface area contributed by atoms with Crippen LogP contribution in [0.3, 0.4) is 0 Å². The van der Waals surface area contributed by atoms with Crippen LogP contribution in [0.5, 0.6) is 0 Å². The van der Waals surface area contributed by atoms with Gasteiger partial charge < -0.3 is 15.4 Å². The van der Waals surface area contributed by atoms with Gasteiger partial charge in [0.2, 0.25) is 5.91 Å². The first-order chi connectivity index (χ1) is 8.60. The quantitative estimate of drug-likeness (QED) is 0.378. The average molecular weight is 254 g/mol. The van der Waals surface area contributed by atoms with Gasteiger partial charge in [0.25, 0.3) is 5.91 Å². The van der Waals surface area contributed by atoms with Gasteiger partial charge in [0, 0.05) is 12.6 Å². The van der Waals surface area contributed by atoms with Crippen LogP contribution < -0.4 is 10.6 Å². The van der Waals surface area contributed by atoms with Gasteiger partial charge in [0.05, 0.1) is 6.54 Å². The van der Waals surface area contributed by atoms with Crippen molar-refractivity contribution in [3.63, 3.8) is 0 Å². The van der Waals surface area contributed by atoms with Gasteiger partial charge in [0.15, 0.2) is 6.61 Å². The third kappa shape index (κ3) is 9.14. The van der Waals surface area contributed by atoms with Crippen LogP contribution in [0.15, 0.2) is 24.3 Å². The van der Waals surface area contributed by atoms with Crippen molar-refractivity contribution in [2.45, 2.75) is 13.8 Å². The number of carbonyl (C=O) groups is 3. The fourth-order valence-corrected chi connectivity index (χ4v) is 0.920. The zero-order chi connectivity index (χ0) is 13.8. The number of allylic oxidation sites excluding steroid dienone is 3. The Kier molecular flexibility index (Phi) is 8.89. The fourth-order valence-electron chi connectivity index (χ4n) is 0.920. The zero-order valence-electron chi connectivity index (χ0n) is 10.6. The van der Waals surface area contributed by atoms with E-state index >= 15 is 0 Å². The van der Waals surface area contributed by atoms with E-state index in [4.69, 9.17) is 0 Å². The molecule has 2 amide bonds. The summed E-state index contributed by atoms with van der Waals surface area (Å²) in [6, 6.07) is 0. The van der Waals surface area contributed by atoms with Crippen LogP contribution in [0.4, 0.5) is 0 Å². The first-order valence-corrected chi connectivity index (χ1v) is 5.59. The Labute approximate surface area is 106 Å². The second-order valence-electron chi connectivity index (χ2n) is 3.22. The average Bonchev–Trinajstić information content (AvgIpc) is 2.34. The number of esters is 1. The van der Waals surface area contributed by atoms with Crippen molar-refractivity contribution in [2.24, 2.45) is 0 Å². The van der Waals surface area contributed by atoms with E-state index in [9.17, 15) is 14.4 Å². The Balaban J connectivity index is 3.76. The molecule has 0 aromatic rings. The van der Waals surface area contributed by atoms with Crippen LogP contribution in [0.1, 0.15) is 13.8 Å². The van der Waals surface area contributed by atoms with E-state index in [1.165, 1.54) is 12.2 Å². The number of likely N-dealkylation sites (N-methyl/N-ethyl adjacent to an activating group) is 1. The van der Waals surface area contributed by atoms with Gasteiger partial charge in [-0.15, -0.1) is 0 Å². The maximum atomic E-state index is 11.2. The normalized spacial score (nSPS) is 10.6. The largest absolute Gasteiger partial charge is 0.452 e. The van der Waals surface area contributed by atoms with Gasteiger partial charge in [-0.25, -0.2) is 4.79 Å². The Hall–Kier alpha value is -2.11. The summed E-state index contributed by atoms with van der Waals surface area (Å²) in [6.07, 6.45) is 6.13. The molecule has 0 bridgehead atoms. The number of ether oxygens (including phenoxy) is 1. The summed E-state index contributed by atoms with van der Waals surface area (Å²) in [5, 5.41) is 4.84. The van der Waals surface area contributed by atoms with Crippen LogP contribution in [0.2, 0.25) is 0 Å². The van der Waals surface area contributed by atoms with Crippen LogP contribution in [0, 0.1) is 0 Å². The summed E-state index contributed by atoms with van der Waals surface area (Å²) in [4.78, 5) is 33.2. The molecule has 0 radical (unpaired) electrons. The predicted molar refractivity (Wildman–Crippen MR) is 66.6 cm³/mol. The first-order valence-electron chi connectivity index (χ1n) is 5.59. The predicted octanol–water partition coefficient (Wildman–Crippen LogP) is -0.0858. The second-order valence-corrected chi connectivity index (χ2v) is 3.22. The Morgan fingerprint density at radius 3 is 2.44 bits per heavy atom. The van der Waals surface area contributed by atoms with Crippen LogP contribution in [-0.2, 0) is 19.1 Å². The Bertz CT molecular complexity index is 348. The summed E-state index contributed by atoms with van der Waals surface area (Å²) in [6.45, 7) is 3.56. The molecule has 0 fully saturated rings. The molecule has 0 aliphatic heterocycles. The minimum absolute atomic E-state index is 0.126. The highest BCUT2D eigenvalue weighted by molar-refractivity contribution is 5.88. The molecule has 0 spiro atoms. The highest BCUT2D eigenvalue weighted by atomic mass is 16.5. The summed E-state index contributed by atoms with van der Waals surface area (Å²) in [7, 11) is 0. The second kappa shape index (κ2) is 10.1. The van der Waals surface area contributed by atoms with Gasteiger partial charge in [-0.3, -0.25) is 9.59 Å². The summed E-state index contributed by atoms with van der Waals surface area (Å²) in [5.74, 6) is -1.42. The van der Waals surface area contributed by atoms with E-state index in [1.54, 1.807) is 19.1 Å². The minimum Gasteiger partial charge on any atom is -0.452 e. The number of hydrogen-bond donors (Lipinski definition) is 2. The SMILES string of the molecule is C/C=C/C=C/C(=O)OCC(=O)NCC(=O)NCC. The maximum Gasteiger partial charge on any atom is 0.331 e. The lowest BCUT2D eigenvalue weighted by atomic mass is 10.4. The molecule has 0 atom stereocenters. The molecule has 6 nitrogen and oxygen atoms in total. The van der Waals surface area contributed by atoms with Gasteiger partial charge in [-0.1, -0.05) is 18.2 Å². The van der Waals surface area contributed by atoms with Crippen molar-refractivity contribution in [1.29, 1.82) is 0 Å². The van der Waals surface area contributed by atoms with E-state index in [-0.39, 0.29) is 12.5 Å². The van der Waals surface area contributed by atoms with Crippen molar-refractivity contribution < 1.29 is 19.1 Å². The molecule has 0 aromatic heterocycles. The van der Waals surface area contributed by atoms with E-state index in [0.717, 1.165) is 0 Å². The molecule has 6 heteroatoms. The number of nitrogens with one attached hydrogen (secondary N) is 2. The van der Waals surface area contributed by atoms with E-state index in [2.05, 4.69) is 15.4 Å². The van der Waals surface area contributed by atoms with Gasteiger partial charge >= 0.3 is 5.97 Å². The molecule has 100 valence electrons. The lowest BCUT2D eigenvalue weighted by molar-refractivity contribution is -0.144. The fraction of sp³-hybridized carbons (Fsp3) is 0.417. The topological polar surface area (TPSA) is 84.5 Å². The molecular formula is C12H18N2O4. The lowest BCUT2D eigenvalue weighted by Crippen LogP contribution is -2.38. The third-order valence-electron chi connectivity index (χ3n) is 1.70. The smallest absolute Gasteiger partial charge is 0.331 e. The monoisotopic (exact) mass is 254 g/mol. The van der Waals surface area contributed by atoms with Gasteiger partial charge in [-0.2, -0.15) is 0 Å². The van der Waals surface area contributed by atoms with Gasteiger partial charge in [0.1, 0.15) is 0 Å². The Morgan fingerprint density at radius 1 is 1.11 bits per heavy atom. The standard InChI is InChI=1S/C12H18N2O4/c1-3-5-6-7-12(17)18-9-11(16)14-8-10(15)13-4-2/h3,5-7H,4,8-9H2,1-2H3,(H,13,15)(H,14,16)/b5-3+,7-6+. The molecule has 2 N–H and O–H groups in total. The minimum atomic E-state index is -0.610. The van der Waals surface area contributed by atoms with Crippen molar-refractivity contribution in [3.8, 4) is 0 Å². The highest BCUT2D eigenvalue weighted by Gasteiger charge is 2.06. The molecule has 0 rings (SSSR count). The molecule has 0 aliphatic rings. The van der Waals surface area contributed by atoms with Gasteiger partial charge in [-0.05, 0) is 13.8 Å². The van der Waals surface area contributed by atoms with Crippen LogP contribution >= 0.6 is 0 Å². The first kappa shape index (κ1) is 15.9. The van der Waals surface area contributed by atoms with Crippen molar-refractivity contribution in [3.05, 3.63) is 24.3 Å². The van der Waals surface area contributed by atoms with E-state index in [1.807, 2.05) is 6.92 Å². The Morgan fingerprint density at radius 2 is 1.83 bits per heavy atom. The molecule has 0 unspecified atom stereocenters. The van der Waals surface area contributed by atoms with E-state index < -0.39 is 18.5 Å². The van der Waals surface area contributed by atoms with E-state index in [0.29, 0.717) is 6.54 Å². The summed E-state index contributed by atoms with van der Waals surface area (Å²) < 4.78 is 4.64.